The largest absolute Gasteiger partial charge is 0.493 e. The van der Waals surface area contributed by atoms with Crippen molar-refractivity contribution >= 4 is 0 Å². The first-order chi connectivity index (χ1) is 9.84. The van der Waals surface area contributed by atoms with E-state index in [1.807, 2.05) is 12.3 Å². The van der Waals surface area contributed by atoms with Crippen LogP contribution in [-0.4, -0.2) is 23.1 Å². The Kier molecular flexibility index (Phi) is 4.02. The minimum Gasteiger partial charge on any atom is -0.493 e. The Morgan fingerprint density at radius 3 is 3.15 bits per heavy atom. The number of fused-ring (bicyclic) bond motifs is 1. The van der Waals surface area contributed by atoms with Gasteiger partial charge in [-0.25, -0.2) is 4.98 Å². The summed E-state index contributed by atoms with van der Waals surface area (Å²) in [7, 11) is 0. The Morgan fingerprint density at radius 1 is 1.40 bits per heavy atom. The highest BCUT2D eigenvalue weighted by atomic mass is 16.5. The monoisotopic (exact) mass is 271 g/mol. The Balaban J connectivity index is 1.56. The van der Waals surface area contributed by atoms with E-state index in [-0.39, 0.29) is 0 Å². The molecular weight excluding hydrogens is 250 g/mol. The first kappa shape index (κ1) is 13.2. The van der Waals surface area contributed by atoms with Crippen molar-refractivity contribution in [3.8, 4) is 5.75 Å². The van der Waals surface area contributed by atoms with E-state index < -0.39 is 0 Å². The maximum absolute atomic E-state index is 5.78. The predicted octanol–water partition coefficient (Wildman–Crippen LogP) is 2.70. The lowest BCUT2D eigenvalue weighted by molar-refractivity contribution is 0.188. The number of benzene rings is 1. The summed E-state index contributed by atoms with van der Waals surface area (Å²) in [5.41, 5.74) is 1.28. The molecule has 2 heterocycles. The molecule has 1 aromatic carbocycles. The number of ether oxygens (including phenoxy) is 1. The lowest BCUT2D eigenvalue weighted by Crippen LogP contribution is -2.34. The van der Waals surface area contributed by atoms with Crippen molar-refractivity contribution in [2.75, 3.05) is 13.2 Å². The standard InChI is InChI=1S/C16H21N3O/c1-12-11-20-14-6-3-2-5-13(14)16(12)19-8-4-7-15-17-9-10-18-15/h2-3,5-6,9-10,12,16,19H,4,7-8,11H2,1H3,(H,17,18). The molecule has 1 aliphatic heterocycles. The molecule has 4 nitrogen and oxygen atoms in total. The van der Waals surface area contributed by atoms with Gasteiger partial charge in [0, 0.05) is 36.3 Å². The van der Waals surface area contributed by atoms with Crippen LogP contribution < -0.4 is 10.1 Å². The zero-order valence-corrected chi connectivity index (χ0v) is 11.8. The summed E-state index contributed by atoms with van der Waals surface area (Å²) >= 11 is 0. The molecule has 0 radical (unpaired) electrons. The number of aryl methyl sites for hydroxylation is 1. The van der Waals surface area contributed by atoms with Gasteiger partial charge < -0.3 is 15.0 Å². The van der Waals surface area contributed by atoms with Crippen LogP contribution >= 0.6 is 0 Å². The smallest absolute Gasteiger partial charge is 0.124 e. The van der Waals surface area contributed by atoms with Gasteiger partial charge in [0.25, 0.3) is 0 Å². The van der Waals surface area contributed by atoms with Gasteiger partial charge in [-0.15, -0.1) is 0 Å². The summed E-state index contributed by atoms with van der Waals surface area (Å²) in [6.07, 6.45) is 5.75. The van der Waals surface area contributed by atoms with Crippen molar-refractivity contribution < 1.29 is 4.74 Å². The number of rotatable bonds is 5. The molecule has 3 rings (SSSR count). The molecule has 0 saturated carbocycles. The van der Waals surface area contributed by atoms with Gasteiger partial charge in [-0.3, -0.25) is 0 Å². The zero-order chi connectivity index (χ0) is 13.8. The number of para-hydroxylation sites is 1. The maximum Gasteiger partial charge on any atom is 0.124 e. The molecule has 0 saturated heterocycles. The molecule has 1 aromatic heterocycles. The van der Waals surface area contributed by atoms with E-state index in [1.165, 1.54) is 5.56 Å². The molecular formula is C16H21N3O. The Labute approximate surface area is 119 Å². The fraction of sp³-hybridized carbons (Fsp3) is 0.438. The van der Waals surface area contributed by atoms with Crippen LogP contribution in [0.2, 0.25) is 0 Å². The first-order valence-electron chi connectivity index (χ1n) is 7.28. The van der Waals surface area contributed by atoms with Gasteiger partial charge in [-0.1, -0.05) is 25.1 Å². The van der Waals surface area contributed by atoms with E-state index in [4.69, 9.17) is 4.74 Å². The third-order valence-electron chi connectivity index (χ3n) is 3.83. The lowest BCUT2D eigenvalue weighted by Gasteiger charge is -2.32. The SMILES string of the molecule is CC1COc2ccccc2C1NCCCc1ncc[nH]1. The highest BCUT2D eigenvalue weighted by Crippen LogP contribution is 2.34. The van der Waals surface area contributed by atoms with Crippen molar-refractivity contribution in [3.63, 3.8) is 0 Å². The molecule has 2 N–H and O–H groups in total. The fourth-order valence-electron chi connectivity index (χ4n) is 2.75. The molecule has 2 atom stereocenters. The van der Waals surface area contributed by atoms with Crippen LogP contribution in [0.15, 0.2) is 36.7 Å². The van der Waals surface area contributed by atoms with Crippen LogP contribution in [0.1, 0.15) is 30.8 Å². The molecule has 0 aliphatic carbocycles. The Hall–Kier alpha value is -1.81. The minimum atomic E-state index is 0.386. The summed E-state index contributed by atoms with van der Waals surface area (Å²) in [6.45, 7) is 4.01. The van der Waals surface area contributed by atoms with Crippen LogP contribution in [0.25, 0.3) is 0 Å². The lowest BCUT2D eigenvalue weighted by atomic mass is 9.92. The van der Waals surface area contributed by atoms with Crippen molar-refractivity contribution in [3.05, 3.63) is 48.0 Å². The average molecular weight is 271 g/mol. The van der Waals surface area contributed by atoms with Crippen LogP contribution in [-0.2, 0) is 6.42 Å². The molecule has 1 aliphatic rings. The van der Waals surface area contributed by atoms with Gasteiger partial charge in [0.1, 0.15) is 11.6 Å². The first-order valence-corrected chi connectivity index (χ1v) is 7.28. The third kappa shape index (κ3) is 2.85. The van der Waals surface area contributed by atoms with E-state index in [0.717, 1.165) is 37.6 Å². The maximum atomic E-state index is 5.78. The van der Waals surface area contributed by atoms with Gasteiger partial charge >= 0.3 is 0 Å². The van der Waals surface area contributed by atoms with Crippen molar-refractivity contribution in [2.24, 2.45) is 5.92 Å². The summed E-state index contributed by atoms with van der Waals surface area (Å²) < 4.78 is 5.78. The third-order valence-corrected chi connectivity index (χ3v) is 3.83. The van der Waals surface area contributed by atoms with E-state index in [9.17, 15) is 0 Å². The number of nitrogens with one attached hydrogen (secondary N) is 2. The second-order valence-electron chi connectivity index (χ2n) is 5.40. The zero-order valence-electron chi connectivity index (χ0n) is 11.8. The predicted molar refractivity (Wildman–Crippen MR) is 78.8 cm³/mol. The summed E-state index contributed by atoms with van der Waals surface area (Å²) in [6, 6.07) is 8.71. The fourth-order valence-corrected chi connectivity index (χ4v) is 2.75. The summed E-state index contributed by atoms with van der Waals surface area (Å²) in [5.74, 6) is 2.58. The van der Waals surface area contributed by atoms with Crippen LogP contribution in [0.3, 0.4) is 0 Å². The molecule has 4 heteroatoms. The van der Waals surface area contributed by atoms with Crippen molar-refractivity contribution in [1.82, 2.24) is 15.3 Å². The highest BCUT2D eigenvalue weighted by molar-refractivity contribution is 5.37. The summed E-state index contributed by atoms with van der Waals surface area (Å²) in [5, 5.41) is 3.67. The number of imidazole rings is 1. The van der Waals surface area contributed by atoms with Gasteiger partial charge in [-0.05, 0) is 19.0 Å². The highest BCUT2D eigenvalue weighted by Gasteiger charge is 2.26. The molecule has 0 amide bonds. The van der Waals surface area contributed by atoms with Crippen LogP contribution in [0.4, 0.5) is 0 Å². The van der Waals surface area contributed by atoms with Gasteiger partial charge in [0.2, 0.25) is 0 Å². The van der Waals surface area contributed by atoms with Crippen molar-refractivity contribution in [2.45, 2.75) is 25.8 Å². The average Bonchev–Trinajstić information content (AvgIpc) is 2.98. The molecule has 0 fully saturated rings. The molecule has 2 aromatic rings. The van der Waals surface area contributed by atoms with Gasteiger partial charge in [-0.2, -0.15) is 0 Å². The van der Waals surface area contributed by atoms with Crippen LogP contribution in [0, 0.1) is 5.92 Å². The van der Waals surface area contributed by atoms with E-state index in [1.54, 1.807) is 6.20 Å². The second-order valence-corrected chi connectivity index (χ2v) is 5.40. The minimum absolute atomic E-state index is 0.386. The topological polar surface area (TPSA) is 49.9 Å². The number of hydrogen-bond acceptors (Lipinski definition) is 3. The molecule has 106 valence electrons. The second kappa shape index (κ2) is 6.09. The molecule has 20 heavy (non-hydrogen) atoms. The van der Waals surface area contributed by atoms with Crippen molar-refractivity contribution in [1.29, 1.82) is 0 Å². The normalized spacial score (nSPS) is 21.2. The van der Waals surface area contributed by atoms with E-state index >= 15 is 0 Å². The Bertz CT molecular complexity index is 538. The molecule has 0 spiro atoms. The van der Waals surface area contributed by atoms with E-state index in [2.05, 4.69) is 40.4 Å². The number of aromatic nitrogens is 2. The van der Waals surface area contributed by atoms with E-state index in [0.29, 0.717) is 12.0 Å². The quantitative estimate of drug-likeness (QED) is 0.822. The number of H-pyrrole nitrogens is 1. The van der Waals surface area contributed by atoms with Gasteiger partial charge in [0.15, 0.2) is 0 Å². The van der Waals surface area contributed by atoms with Crippen LogP contribution in [0.5, 0.6) is 5.75 Å². The molecule has 2 unspecified atom stereocenters. The molecule has 0 bridgehead atoms. The Morgan fingerprint density at radius 2 is 2.30 bits per heavy atom. The van der Waals surface area contributed by atoms with Gasteiger partial charge in [0.05, 0.1) is 6.61 Å². The summed E-state index contributed by atoms with van der Waals surface area (Å²) in [4.78, 5) is 7.39. The number of aromatic amines is 1. The number of nitrogens with zero attached hydrogens (tertiary/aromatic N) is 1. The number of hydrogen-bond donors (Lipinski definition) is 2.